The minimum atomic E-state index is -0.161. The van der Waals surface area contributed by atoms with Gasteiger partial charge in [0.1, 0.15) is 5.82 Å². The minimum Gasteiger partial charge on any atom is -0.338 e. The summed E-state index contributed by atoms with van der Waals surface area (Å²) in [5.74, 6) is 1.28. The maximum absolute atomic E-state index is 12.1. The first-order valence-electron chi connectivity index (χ1n) is 6.79. The normalized spacial score (nSPS) is 20.9. The molecule has 3 rings (SSSR count). The maximum atomic E-state index is 12.1. The van der Waals surface area contributed by atoms with E-state index in [-0.39, 0.29) is 17.4 Å². The van der Waals surface area contributed by atoms with E-state index >= 15 is 0 Å². The van der Waals surface area contributed by atoms with Gasteiger partial charge in [0.2, 0.25) is 5.91 Å². The van der Waals surface area contributed by atoms with Crippen LogP contribution in [0.2, 0.25) is 0 Å². The molecule has 1 aliphatic carbocycles. The van der Waals surface area contributed by atoms with Crippen LogP contribution < -0.4 is 5.56 Å². The quantitative estimate of drug-likeness (QED) is 0.920. The molecule has 1 N–H and O–H groups in total. The molecule has 1 saturated carbocycles. The molecule has 1 heterocycles. The highest BCUT2D eigenvalue weighted by Gasteiger charge is 2.40. The lowest BCUT2D eigenvalue weighted by molar-refractivity contribution is -0.132. The van der Waals surface area contributed by atoms with E-state index in [2.05, 4.69) is 16.9 Å². The zero-order chi connectivity index (χ0) is 14.3. The zero-order valence-electron chi connectivity index (χ0n) is 11.6. The summed E-state index contributed by atoms with van der Waals surface area (Å²) in [7, 11) is 1.75. The van der Waals surface area contributed by atoms with Crippen LogP contribution in [0, 0.1) is 11.8 Å². The third-order valence-electron chi connectivity index (χ3n) is 3.85. The molecular formula is C15H17N3O2. The summed E-state index contributed by atoms with van der Waals surface area (Å²) in [5, 5.41) is 0.570. The van der Waals surface area contributed by atoms with Crippen molar-refractivity contribution in [2.45, 2.75) is 19.9 Å². The van der Waals surface area contributed by atoms with E-state index in [0.717, 1.165) is 6.42 Å². The molecule has 20 heavy (non-hydrogen) atoms. The molecule has 5 heteroatoms. The highest BCUT2D eigenvalue weighted by Crippen LogP contribution is 2.39. The van der Waals surface area contributed by atoms with Gasteiger partial charge >= 0.3 is 0 Å². The molecule has 0 unspecified atom stereocenters. The standard InChI is InChI=1S/C15H17N3O2/c1-9-7-11(9)15(20)18(2)8-13-16-12-6-4-3-5-10(12)14(19)17-13/h3-6,9,11H,7-8H2,1-2H3,(H,16,17,19)/t9-,11-/m0/s1. The number of carbonyl (C=O) groups is 1. The van der Waals surface area contributed by atoms with E-state index in [4.69, 9.17) is 0 Å². The van der Waals surface area contributed by atoms with Crippen LogP contribution in [0.5, 0.6) is 0 Å². The van der Waals surface area contributed by atoms with Crippen molar-refractivity contribution in [3.8, 4) is 0 Å². The Balaban J connectivity index is 1.84. The van der Waals surface area contributed by atoms with Gasteiger partial charge in [0, 0.05) is 13.0 Å². The van der Waals surface area contributed by atoms with Crippen molar-refractivity contribution in [3.63, 3.8) is 0 Å². The van der Waals surface area contributed by atoms with E-state index in [1.165, 1.54) is 0 Å². The summed E-state index contributed by atoms with van der Waals surface area (Å²) in [6.07, 6.45) is 0.963. The number of hydrogen-bond acceptors (Lipinski definition) is 3. The summed E-state index contributed by atoms with van der Waals surface area (Å²) in [6, 6.07) is 7.20. The summed E-state index contributed by atoms with van der Waals surface area (Å²) >= 11 is 0. The minimum absolute atomic E-state index is 0.133. The van der Waals surface area contributed by atoms with Crippen LogP contribution in [0.1, 0.15) is 19.2 Å². The smallest absolute Gasteiger partial charge is 0.258 e. The molecule has 1 aromatic carbocycles. The second-order valence-electron chi connectivity index (χ2n) is 5.54. The van der Waals surface area contributed by atoms with Crippen LogP contribution in [0.25, 0.3) is 10.9 Å². The number of carbonyl (C=O) groups excluding carboxylic acids is 1. The molecule has 0 radical (unpaired) electrons. The van der Waals surface area contributed by atoms with E-state index in [1.807, 2.05) is 12.1 Å². The summed E-state index contributed by atoms with van der Waals surface area (Å²) in [4.78, 5) is 32.8. The molecule has 0 aliphatic heterocycles. The average molecular weight is 271 g/mol. The first-order chi connectivity index (χ1) is 9.56. The molecule has 5 nitrogen and oxygen atoms in total. The SMILES string of the molecule is C[C@H]1C[C@@H]1C(=O)N(C)Cc1nc2ccccc2c(=O)[nH]1. The summed E-state index contributed by atoms with van der Waals surface area (Å²) in [6.45, 7) is 2.41. The van der Waals surface area contributed by atoms with Gasteiger partial charge in [0.15, 0.2) is 0 Å². The van der Waals surface area contributed by atoms with Crippen molar-refractivity contribution in [2.24, 2.45) is 11.8 Å². The number of para-hydroxylation sites is 1. The molecular weight excluding hydrogens is 254 g/mol. The van der Waals surface area contributed by atoms with Crippen molar-refractivity contribution in [3.05, 3.63) is 40.4 Å². The summed E-state index contributed by atoms with van der Waals surface area (Å²) in [5.41, 5.74) is 0.498. The van der Waals surface area contributed by atoms with Gasteiger partial charge in [-0.25, -0.2) is 4.98 Å². The van der Waals surface area contributed by atoms with Crippen LogP contribution in [-0.4, -0.2) is 27.8 Å². The first-order valence-corrected chi connectivity index (χ1v) is 6.79. The fourth-order valence-corrected chi connectivity index (χ4v) is 2.46. The fraction of sp³-hybridized carbons (Fsp3) is 0.400. The third kappa shape index (κ3) is 2.31. The number of benzene rings is 1. The van der Waals surface area contributed by atoms with Crippen LogP contribution >= 0.6 is 0 Å². The van der Waals surface area contributed by atoms with Crippen molar-refractivity contribution in [1.82, 2.24) is 14.9 Å². The van der Waals surface area contributed by atoms with Crippen LogP contribution in [0.4, 0.5) is 0 Å². The molecule has 1 aliphatic rings. The Morgan fingerprint density at radius 2 is 2.15 bits per heavy atom. The lowest BCUT2D eigenvalue weighted by Crippen LogP contribution is -2.29. The van der Waals surface area contributed by atoms with Gasteiger partial charge < -0.3 is 9.88 Å². The molecule has 104 valence electrons. The Kier molecular flexibility index (Phi) is 3.04. The van der Waals surface area contributed by atoms with Gasteiger partial charge in [-0.05, 0) is 24.5 Å². The van der Waals surface area contributed by atoms with E-state index in [1.54, 1.807) is 24.1 Å². The number of aromatic nitrogens is 2. The van der Waals surface area contributed by atoms with Crippen LogP contribution in [0.15, 0.2) is 29.1 Å². The molecule has 2 atom stereocenters. The van der Waals surface area contributed by atoms with Gasteiger partial charge in [-0.3, -0.25) is 9.59 Å². The number of hydrogen-bond donors (Lipinski definition) is 1. The molecule has 0 bridgehead atoms. The summed E-state index contributed by atoms with van der Waals surface area (Å²) < 4.78 is 0. The molecule has 0 saturated heterocycles. The zero-order valence-corrected chi connectivity index (χ0v) is 11.6. The highest BCUT2D eigenvalue weighted by atomic mass is 16.2. The highest BCUT2D eigenvalue weighted by molar-refractivity contribution is 5.81. The van der Waals surface area contributed by atoms with Gasteiger partial charge in [0.25, 0.3) is 5.56 Å². The number of amides is 1. The number of fused-ring (bicyclic) bond motifs is 1. The van der Waals surface area contributed by atoms with Crippen molar-refractivity contribution >= 4 is 16.8 Å². The topological polar surface area (TPSA) is 66.1 Å². The number of nitrogens with zero attached hydrogens (tertiary/aromatic N) is 2. The Morgan fingerprint density at radius 3 is 2.85 bits per heavy atom. The monoisotopic (exact) mass is 271 g/mol. The molecule has 2 aromatic rings. The van der Waals surface area contributed by atoms with E-state index in [9.17, 15) is 9.59 Å². The largest absolute Gasteiger partial charge is 0.338 e. The Bertz CT molecular complexity index is 722. The molecule has 0 spiro atoms. The number of H-pyrrole nitrogens is 1. The van der Waals surface area contributed by atoms with E-state index < -0.39 is 0 Å². The predicted octanol–water partition coefficient (Wildman–Crippen LogP) is 1.54. The van der Waals surface area contributed by atoms with Crippen LogP contribution in [-0.2, 0) is 11.3 Å². The van der Waals surface area contributed by atoms with Gasteiger partial charge in [-0.1, -0.05) is 19.1 Å². The Morgan fingerprint density at radius 1 is 1.45 bits per heavy atom. The lowest BCUT2D eigenvalue weighted by atomic mass is 10.2. The number of aromatic amines is 1. The van der Waals surface area contributed by atoms with Gasteiger partial charge in [-0.2, -0.15) is 0 Å². The Labute approximate surface area is 116 Å². The van der Waals surface area contributed by atoms with Gasteiger partial charge in [0.05, 0.1) is 17.4 Å². The molecule has 1 aromatic heterocycles. The predicted molar refractivity (Wildman–Crippen MR) is 76.1 cm³/mol. The third-order valence-corrected chi connectivity index (χ3v) is 3.85. The fourth-order valence-electron chi connectivity index (χ4n) is 2.46. The van der Waals surface area contributed by atoms with Crippen molar-refractivity contribution < 1.29 is 4.79 Å². The van der Waals surface area contributed by atoms with Gasteiger partial charge in [-0.15, -0.1) is 0 Å². The first kappa shape index (κ1) is 12.8. The number of rotatable bonds is 3. The van der Waals surface area contributed by atoms with Crippen molar-refractivity contribution in [1.29, 1.82) is 0 Å². The lowest BCUT2D eigenvalue weighted by Gasteiger charge is -2.16. The van der Waals surface area contributed by atoms with Crippen LogP contribution in [0.3, 0.4) is 0 Å². The average Bonchev–Trinajstić information content (AvgIpc) is 3.15. The Hall–Kier alpha value is -2.17. The van der Waals surface area contributed by atoms with Crippen molar-refractivity contribution in [2.75, 3.05) is 7.05 Å². The molecule has 1 fully saturated rings. The maximum Gasteiger partial charge on any atom is 0.258 e. The second kappa shape index (κ2) is 4.74. The van der Waals surface area contributed by atoms with E-state index in [0.29, 0.717) is 29.2 Å². The molecule has 1 amide bonds. The number of nitrogens with one attached hydrogen (secondary N) is 1. The second-order valence-corrected chi connectivity index (χ2v) is 5.54.